The van der Waals surface area contributed by atoms with Gasteiger partial charge in [0.05, 0.1) is 0 Å². The summed E-state index contributed by atoms with van der Waals surface area (Å²) in [5, 5.41) is 1.57. The van der Waals surface area contributed by atoms with Gasteiger partial charge in [-0.25, -0.2) is 0 Å². The van der Waals surface area contributed by atoms with E-state index in [-0.39, 0.29) is 5.78 Å². The maximum Gasteiger partial charge on any atom is 0.163 e. The molecule has 0 fully saturated rings. The molecular weight excluding hydrogens is 264 g/mol. The molecule has 0 heterocycles. The summed E-state index contributed by atoms with van der Waals surface area (Å²) < 4.78 is 0. The molecule has 0 aromatic heterocycles. The predicted octanol–water partition coefficient (Wildman–Crippen LogP) is 4.47. The second-order valence-corrected chi connectivity index (χ2v) is 5.22. The van der Waals surface area contributed by atoms with Gasteiger partial charge in [-0.05, 0) is 42.5 Å². The monoisotopic (exact) mass is 282 g/mol. The molecule has 0 atom stereocenters. The normalized spacial score (nSPS) is 10.3. The van der Waals surface area contributed by atoms with Gasteiger partial charge in [0.1, 0.15) is 0 Å². The lowest BCUT2D eigenvalue weighted by molar-refractivity contribution is 0.0982. The largest absolute Gasteiger partial charge is 0.294 e. The first-order valence-corrected chi connectivity index (χ1v) is 7.23. The van der Waals surface area contributed by atoms with Gasteiger partial charge < -0.3 is 0 Å². The molecule has 0 aliphatic heterocycles. The smallest absolute Gasteiger partial charge is 0.163 e. The van der Waals surface area contributed by atoms with E-state index in [2.05, 4.69) is 26.0 Å². The standard InChI is InChI=1S/C18H18OS/c1-13-6-5-8-15(14(13)2)10-11-18(19)17-9-4-3-7-16(17)12-20/h3-9,12H,10-11H2,1-2H3. The van der Waals surface area contributed by atoms with E-state index in [1.54, 1.807) is 5.37 Å². The Hall–Kier alpha value is -1.80. The number of hydrogen-bond acceptors (Lipinski definition) is 2. The first kappa shape index (κ1) is 14.6. The highest BCUT2D eigenvalue weighted by Gasteiger charge is 2.10. The highest BCUT2D eigenvalue weighted by atomic mass is 32.1. The molecule has 0 aliphatic carbocycles. The van der Waals surface area contributed by atoms with Crippen molar-refractivity contribution < 1.29 is 4.79 Å². The Morgan fingerprint density at radius 3 is 2.60 bits per heavy atom. The fraction of sp³-hybridized carbons (Fsp3) is 0.222. The van der Waals surface area contributed by atoms with Crippen LogP contribution in [0.5, 0.6) is 0 Å². The molecule has 0 unspecified atom stereocenters. The number of hydrogen-bond donors (Lipinski definition) is 0. The number of thiocarbonyl (C=S) groups is 1. The van der Waals surface area contributed by atoms with Crippen LogP contribution in [0.4, 0.5) is 0 Å². The van der Waals surface area contributed by atoms with Gasteiger partial charge in [-0.15, -0.1) is 0 Å². The Bertz CT molecular complexity index is 644. The highest BCUT2D eigenvalue weighted by Crippen LogP contribution is 2.17. The summed E-state index contributed by atoms with van der Waals surface area (Å²) in [5.41, 5.74) is 5.37. The molecule has 0 bridgehead atoms. The SMILES string of the molecule is Cc1cccc(CCC(=O)c2ccccc2C=S)c1C. The van der Waals surface area contributed by atoms with E-state index in [1.165, 1.54) is 16.7 Å². The summed E-state index contributed by atoms with van der Waals surface area (Å²) in [6.07, 6.45) is 1.29. The van der Waals surface area contributed by atoms with Crippen LogP contribution in [0.1, 0.15) is 39.0 Å². The quantitative estimate of drug-likeness (QED) is 0.594. The minimum atomic E-state index is 0.155. The average molecular weight is 282 g/mol. The van der Waals surface area contributed by atoms with Gasteiger partial charge in [-0.2, -0.15) is 0 Å². The molecule has 0 spiro atoms. The Kier molecular flexibility index (Phi) is 4.80. The molecule has 2 heteroatoms. The van der Waals surface area contributed by atoms with Crippen LogP contribution >= 0.6 is 12.2 Å². The van der Waals surface area contributed by atoms with Crippen molar-refractivity contribution in [2.45, 2.75) is 26.7 Å². The van der Waals surface area contributed by atoms with E-state index in [4.69, 9.17) is 12.2 Å². The van der Waals surface area contributed by atoms with Crippen molar-refractivity contribution in [2.75, 3.05) is 0 Å². The zero-order chi connectivity index (χ0) is 14.5. The van der Waals surface area contributed by atoms with Gasteiger partial charge in [0, 0.05) is 17.4 Å². The van der Waals surface area contributed by atoms with Gasteiger partial charge >= 0.3 is 0 Å². The number of Topliss-reactive ketones (excluding diaryl/α,β-unsaturated/α-hetero) is 1. The van der Waals surface area contributed by atoms with Crippen LogP contribution in [0.2, 0.25) is 0 Å². The third-order valence-corrected chi connectivity index (χ3v) is 3.98. The number of rotatable bonds is 5. The van der Waals surface area contributed by atoms with E-state index in [9.17, 15) is 4.79 Å². The molecule has 2 rings (SSSR count). The second-order valence-electron chi connectivity index (χ2n) is 4.99. The van der Waals surface area contributed by atoms with Gasteiger partial charge in [-0.3, -0.25) is 4.79 Å². The van der Waals surface area contributed by atoms with Crippen molar-refractivity contribution in [2.24, 2.45) is 0 Å². The highest BCUT2D eigenvalue weighted by molar-refractivity contribution is 7.79. The van der Waals surface area contributed by atoms with Gasteiger partial charge in [0.2, 0.25) is 0 Å². The zero-order valence-electron chi connectivity index (χ0n) is 11.8. The molecule has 102 valence electrons. The van der Waals surface area contributed by atoms with E-state index >= 15 is 0 Å². The van der Waals surface area contributed by atoms with Crippen LogP contribution in [0, 0.1) is 13.8 Å². The second kappa shape index (κ2) is 6.58. The number of benzene rings is 2. The van der Waals surface area contributed by atoms with Crippen LogP contribution < -0.4 is 0 Å². The first-order valence-electron chi connectivity index (χ1n) is 6.76. The predicted molar refractivity (Wildman–Crippen MR) is 87.8 cm³/mol. The topological polar surface area (TPSA) is 17.1 Å². The molecule has 2 aromatic carbocycles. The first-order chi connectivity index (χ1) is 9.63. The van der Waals surface area contributed by atoms with Crippen molar-refractivity contribution in [3.8, 4) is 0 Å². The third-order valence-electron chi connectivity index (χ3n) is 3.73. The minimum Gasteiger partial charge on any atom is -0.294 e. The van der Waals surface area contributed by atoms with Crippen LogP contribution in [0.3, 0.4) is 0 Å². The third kappa shape index (κ3) is 3.20. The summed E-state index contributed by atoms with van der Waals surface area (Å²) in [5.74, 6) is 0.155. The lowest BCUT2D eigenvalue weighted by Gasteiger charge is -2.09. The maximum absolute atomic E-state index is 12.3. The van der Waals surface area contributed by atoms with Crippen molar-refractivity contribution in [1.82, 2.24) is 0 Å². The number of aryl methyl sites for hydroxylation is 2. The molecule has 20 heavy (non-hydrogen) atoms. The fourth-order valence-electron chi connectivity index (χ4n) is 2.32. The van der Waals surface area contributed by atoms with E-state index in [1.807, 2.05) is 30.3 Å². The van der Waals surface area contributed by atoms with E-state index in [0.717, 1.165) is 17.5 Å². The molecule has 0 aliphatic rings. The van der Waals surface area contributed by atoms with Crippen molar-refractivity contribution in [3.63, 3.8) is 0 Å². The van der Waals surface area contributed by atoms with Crippen LogP contribution in [-0.4, -0.2) is 11.2 Å². The molecule has 0 amide bonds. The Labute approximate surface area is 125 Å². The van der Waals surface area contributed by atoms with Gasteiger partial charge in [0.25, 0.3) is 0 Å². The zero-order valence-corrected chi connectivity index (χ0v) is 12.7. The Morgan fingerprint density at radius 1 is 1.10 bits per heavy atom. The van der Waals surface area contributed by atoms with Crippen molar-refractivity contribution in [3.05, 3.63) is 70.3 Å². The molecule has 0 N–H and O–H groups in total. The summed E-state index contributed by atoms with van der Waals surface area (Å²) >= 11 is 4.96. The van der Waals surface area contributed by atoms with Crippen molar-refractivity contribution in [1.29, 1.82) is 0 Å². The Balaban J connectivity index is 2.13. The fourth-order valence-corrected chi connectivity index (χ4v) is 2.52. The molecule has 0 radical (unpaired) electrons. The maximum atomic E-state index is 12.3. The molecular formula is C18H18OS. The summed E-state index contributed by atoms with van der Waals surface area (Å²) in [6.45, 7) is 4.21. The van der Waals surface area contributed by atoms with Gasteiger partial charge in [-0.1, -0.05) is 54.7 Å². The number of ketones is 1. The van der Waals surface area contributed by atoms with Crippen LogP contribution in [-0.2, 0) is 6.42 Å². The summed E-state index contributed by atoms with van der Waals surface area (Å²) in [6, 6.07) is 13.8. The number of carbonyl (C=O) groups is 1. The van der Waals surface area contributed by atoms with Crippen LogP contribution in [0.15, 0.2) is 42.5 Å². The summed E-state index contributed by atoms with van der Waals surface area (Å²) in [4.78, 5) is 12.3. The van der Waals surface area contributed by atoms with Crippen LogP contribution in [0.25, 0.3) is 0 Å². The number of carbonyl (C=O) groups excluding carboxylic acids is 1. The molecule has 0 saturated heterocycles. The lowest BCUT2D eigenvalue weighted by atomic mass is 9.96. The molecule has 0 saturated carbocycles. The lowest BCUT2D eigenvalue weighted by Crippen LogP contribution is -2.05. The van der Waals surface area contributed by atoms with E-state index in [0.29, 0.717) is 6.42 Å². The average Bonchev–Trinajstić information content (AvgIpc) is 2.48. The van der Waals surface area contributed by atoms with Crippen molar-refractivity contribution >= 4 is 23.4 Å². The Morgan fingerprint density at radius 2 is 1.85 bits per heavy atom. The van der Waals surface area contributed by atoms with E-state index < -0.39 is 0 Å². The molecule has 2 aromatic rings. The van der Waals surface area contributed by atoms with Gasteiger partial charge in [0.15, 0.2) is 5.78 Å². The summed E-state index contributed by atoms with van der Waals surface area (Å²) in [7, 11) is 0. The molecule has 1 nitrogen and oxygen atoms in total. The minimum absolute atomic E-state index is 0.155.